The summed E-state index contributed by atoms with van der Waals surface area (Å²) in [6, 6.07) is 5.60. The highest BCUT2D eigenvalue weighted by Crippen LogP contribution is 2.23. The Hall–Kier alpha value is -2.21. The van der Waals surface area contributed by atoms with Crippen molar-refractivity contribution in [3.05, 3.63) is 30.6 Å². The second kappa shape index (κ2) is 7.40. The zero-order valence-electron chi connectivity index (χ0n) is 11.4. The summed E-state index contributed by atoms with van der Waals surface area (Å²) in [5.74, 6) is 1.78. The molecule has 2 N–H and O–H groups in total. The Morgan fingerprint density at radius 2 is 2.15 bits per heavy atom. The van der Waals surface area contributed by atoms with Gasteiger partial charge in [0.2, 0.25) is 0 Å². The van der Waals surface area contributed by atoms with E-state index in [9.17, 15) is 0 Å². The van der Waals surface area contributed by atoms with Crippen LogP contribution in [0.15, 0.2) is 30.6 Å². The highest BCUT2D eigenvalue weighted by atomic mass is 16.5. The number of nitrogens with zero attached hydrogens (tertiary/aromatic N) is 3. The maximum absolute atomic E-state index is 8.77. The Balaban J connectivity index is 2.16. The third-order valence-electron chi connectivity index (χ3n) is 2.75. The van der Waals surface area contributed by atoms with Crippen molar-refractivity contribution in [3.8, 4) is 17.3 Å². The number of aliphatic hydroxyl groups excluding tert-OH is 1. The van der Waals surface area contributed by atoms with Crippen LogP contribution < -0.4 is 10.1 Å². The molecule has 0 aliphatic heterocycles. The van der Waals surface area contributed by atoms with Crippen molar-refractivity contribution in [1.82, 2.24) is 15.0 Å². The number of rotatable bonds is 7. The molecule has 6 heteroatoms. The lowest BCUT2D eigenvalue weighted by atomic mass is 10.3. The topological polar surface area (TPSA) is 80.2 Å². The number of ether oxygens (including phenoxy) is 1. The first-order chi connectivity index (χ1) is 9.85. The van der Waals surface area contributed by atoms with Crippen LogP contribution in [-0.2, 0) is 0 Å². The molecule has 20 heavy (non-hydrogen) atoms. The summed E-state index contributed by atoms with van der Waals surface area (Å²) < 4.78 is 5.24. The Labute approximate surface area is 117 Å². The van der Waals surface area contributed by atoms with Crippen LogP contribution in [0.4, 0.5) is 5.82 Å². The summed E-state index contributed by atoms with van der Waals surface area (Å²) in [7, 11) is 1.58. The molecule has 0 aliphatic rings. The van der Waals surface area contributed by atoms with Crippen molar-refractivity contribution in [2.75, 3.05) is 25.6 Å². The minimum Gasteiger partial charge on any atom is -0.491 e. The van der Waals surface area contributed by atoms with Crippen LogP contribution in [-0.4, -0.2) is 40.3 Å². The molecule has 2 heterocycles. The van der Waals surface area contributed by atoms with Gasteiger partial charge < -0.3 is 15.2 Å². The second-order valence-electron chi connectivity index (χ2n) is 4.18. The molecular weight excluding hydrogens is 256 g/mol. The van der Waals surface area contributed by atoms with E-state index in [1.807, 2.05) is 18.2 Å². The average Bonchev–Trinajstić information content (AvgIpc) is 2.52. The lowest BCUT2D eigenvalue weighted by Crippen LogP contribution is -2.07. The fourth-order valence-electron chi connectivity index (χ4n) is 1.71. The van der Waals surface area contributed by atoms with Crippen LogP contribution in [0.25, 0.3) is 11.5 Å². The van der Waals surface area contributed by atoms with Crippen LogP contribution in [0.2, 0.25) is 0 Å². The van der Waals surface area contributed by atoms with Crippen molar-refractivity contribution in [3.63, 3.8) is 0 Å². The first-order valence-corrected chi connectivity index (χ1v) is 6.52. The van der Waals surface area contributed by atoms with Gasteiger partial charge in [-0.2, -0.15) is 0 Å². The van der Waals surface area contributed by atoms with Gasteiger partial charge in [-0.1, -0.05) is 6.07 Å². The summed E-state index contributed by atoms with van der Waals surface area (Å²) in [6.07, 6.45) is 4.96. The smallest absolute Gasteiger partial charge is 0.180 e. The van der Waals surface area contributed by atoms with Crippen LogP contribution in [0.3, 0.4) is 0 Å². The van der Waals surface area contributed by atoms with Gasteiger partial charge in [0.1, 0.15) is 5.69 Å². The Bertz CT molecular complexity index is 534. The largest absolute Gasteiger partial charge is 0.491 e. The molecule has 6 nitrogen and oxygen atoms in total. The van der Waals surface area contributed by atoms with E-state index in [0.29, 0.717) is 23.1 Å². The number of aliphatic hydroxyl groups is 1. The third kappa shape index (κ3) is 3.64. The van der Waals surface area contributed by atoms with Crippen LogP contribution in [0, 0.1) is 0 Å². The maximum atomic E-state index is 8.77. The number of unbranched alkanes of at least 4 members (excludes halogenated alkanes) is 1. The highest BCUT2D eigenvalue weighted by Gasteiger charge is 2.09. The minimum atomic E-state index is 0.196. The first-order valence-electron chi connectivity index (χ1n) is 6.52. The van der Waals surface area contributed by atoms with Gasteiger partial charge in [-0.15, -0.1) is 0 Å². The molecule has 0 radical (unpaired) electrons. The standard InChI is InChI=1S/C14H18N4O2/c1-20-12-10-17-13(11-6-2-3-7-15-11)18-14(12)16-8-4-5-9-19/h2-3,6-7,10,19H,4-5,8-9H2,1H3,(H,16,17,18). The summed E-state index contributed by atoms with van der Waals surface area (Å²) in [6.45, 7) is 0.914. The molecule has 0 saturated carbocycles. The number of methoxy groups -OCH3 is 1. The van der Waals surface area contributed by atoms with Gasteiger partial charge >= 0.3 is 0 Å². The number of aromatic nitrogens is 3. The Kier molecular flexibility index (Phi) is 5.25. The van der Waals surface area contributed by atoms with Crippen molar-refractivity contribution >= 4 is 5.82 Å². The first kappa shape index (κ1) is 14.2. The zero-order valence-corrected chi connectivity index (χ0v) is 11.4. The monoisotopic (exact) mass is 274 g/mol. The molecule has 2 rings (SSSR count). The highest BCUT2D eigenvalue weighted by molar-refractivity contribution is 5.57. The fraction of sp³-hybridized carbons (Fsp3) is 0.357. The summed E-state index contributed by atoms with van der Waals surface area (Å²) in [4.78, 5) is 12.9. The van der Waals surface area contributed by atoms with Gasteiger partial charge in [-0.05, 0) is 25.0 Å². The molecule has 0 bridgehead atoms. The average molecular weight is 274 g/mol. The van der Waals surface area contributed by atoms with Crippen molar-refractivity contribution < 1.29 is 9.84 Å². The van der Waals surface area contributed by atoms with Gasteiger partial charge in [-0.3, -0.25) is 4.98 Å². The third-order valence-corrected chi connectivity index (χ3v) is 2.75. The van der Waals surface area contributed by atoms with E-state index in [4.69, 9.17) is 9.84 Å². The SMILES string of the molecule is COc1cnc(-c2ccccn2)nc1NCCCCO. The maximum Gasteiger partial charge on any atom is 0.180 e. The normalized spacial score (nSPS) is 10.3. The van der Waals surface area contributed by atoms with E-state index >= 15 is 0 Å². The van der Waals surface area contributed by atoms with Gasteiger partial charge in [-0.25, -0.2) is 9.97 Å². The van der Waals surface area contributed by atoms with Gasteiger partial charge in [0.25, 0.3) is 0 Å². The number of nitrogens with one attached hydrogen (secondary N) is 1. The summed E-state index contributed by atoms with van der Waals surface area (Å²) in [5.41, 5.74) is 0.716. The molecule has 2 aromatic rings. The van der Waals surface area contributed by atoms with Crippen LogP contribution in [0.1, 0.15) is 12.8 Å². The predicted molar refractivity (Wildman–Crippen MR) is 76.6 cm³/mol. The van der Waals surface area contributed by atoms with Gasteiger partial charge in [0.05, 0.1) is 13.3 Å². The van der Waals surface area contributed by atoms with E-state index in [1.165, 1.54) is 0 Å². The molecule has 0 aromatic carbocycles. The molecule has 0 unspecified atom stereocenters. The number of anilines is 1. The molecule has 106 valence electrons. The van der Waals surface area contributed by atoms with E-state index in [0.717, 1.165) is 19.4 Å². The number of hydrogen-bond acceptors (Lipinski definition) is 6. The quantitative estimate of drug-likeness (QED) is 0.748. The molecule has 0 aliphatic carbocycles. The van der Waals surface area contributed by atoms with E-state index in [-0.39, 0.29) is 6.61 Å². The van der Waals surface area contributed by atoms with E-state index < -0.39 is 0 Å². The van der Waals surface area contributed by atoms with Crippen molar-refractivity contribution in [1.29, 1.82) is 0 Å². The number of hydrogen-bond donors (Lipinski definition) is 2. The molecule has 2 aromatic heterocycles. The molecule has 0 saturated heterocycles. The van der Waals surface area contributed by atoms with E-state index in [2.05, 4.69) is 20.3 Å². The molecule has 0 spiro atoms. The Morgan fingerprint density at radius 1 is 1.25 bits per heavy atom. The van der Waals surface area contributed by atoms with Crippen LogP contribution in [0.5, 0.6) is 5.75 Å². The lowest BCUT2D eigenvalue weighted by Gasteiger charge is -2.10. The Morgan fingerprint density at radius 3 is 2.85 bits per heavy atom. The molecule has 0 atom stereocenters. The lowest BCUT2D eigenvalue weighted by molar-refractivity contribution is 0.286. The molecule has 0 amide bonds. The molecule has 0 fully saturated rings. The second-order valence-corrected chi connectivity index (χ2v) is 4.18. The summed E-state index contributed by atoms with van der Waals surface area (Å²) in [5, 5.41) is 12.0. The number of pyridine rings is 1. The van der Waals surface area contributed by atoms with Gasteiger partial charge in [0, 0.05) is 19.3 Å². The zero-order chi connectivity index (χ0) is 14.2. The predicted octanol–water partition coefficient (Wildman–Crippen LogP) is 1.73. The molecular formula is C14H18N4O2. The van der Waals surface area contributed by atoms with Crippen molar-refractivity contribution in [2.45, 2.75) is 12.8 Å². The van der Waals surface area contributed by atoms with Crippen LogP contribution >= 0.6 is 0 Å². The van der Waals surface area contributed by atoms with Crippen molar-refractivity contribution in [2.24, 2.45) is 0 Å². The summed E-state index contributed by atoms with van der Waals surface area (Å²) >= 11 is 0. The van der Waals surface area contributed by atoms with E-state index in [1.54, 1.807) is 19.5 Å². The van der Waals surface area contributed by atoms with Gasteiger partial charge in [0.15, 0.2) is 17.4 Å². The fourth-order valence-corrected chi connectivity index (χ4v) is 1.71. The minimum absolute atomic E-state index is 0.196.